The molecule has 2 aromatic rings. The Kier molecular flexibility index (Phi) is 4.47. The number of hydrogen-bond acceptors (Lipinski definition) is 1. The first-order chi connectivity index (χ1) is 9.30. The van der Waals surface area contributed by atoms with Crippen molar-refractivity contribution in [2.45, 2.75) is 40.0 Å². The Hall–Kier alpha value is -0.970. The molecule has 2 aromatic carbocycles. The molecule has 0 fully saturated rings. The molecule has 0 aliphatic carbocycles. The van der Waals surface area contributed by atoms with Crippen molar-refractivity contribution in [1.82, 2.24) is 0 Å². The Morgan fingerprint density at radius 3 is 2.05 bits per heavy atom. The second kappa shape index (κ2) is 5.80. The molecule has 0 unspecified atom stereocenters. The SMILES string of the molecule is Cc1cc([Te](=O)c2ccccc2)cc(C(C)(C)C)c1C. The number of hydrogen-bond donors (Lipinski definition) is 0. The van der Waals surface area contributed by atoms with Crippen molar-refractivity contribution in [2.24, 2.45) is 0 Å². The van der Waals surface area contributed by atoms with Gasteiger partial charge in [0.25, 0.3) is 0 Å². The summed E-state index contributed by atoms with van der Waals surface area (Å²) < 4.78 is 14.9. The van der Waals surface area contributed by atoms with Crippen LogP contribution in [0, 0.1) is 13.8 Å². The third kappa shape index (κ3) is 3.19. The fourth-order valence-corrected chi connectivity index (χ4v) is 5.78. The van der Waals surface area contributed by atoms with Crippen molar-refractivity contribution < 1.29 is 3.10 Å². The normalized spacial score (nSPS) is 11.9. The van der Waals surface area contributed by atoms with E-state index in [0.29, 0.717) is 0 Å². The predicted molar refractivity (Wildman–Crippen MR) is 86.8 cm³/mol. The molecule has 0 aromatic heterocycles. The van der Waals surface area contributed by atoms with Gasteiger partial charge in [0.15, 0.2) is 0 Å². The van der Waals surface area contributed by atoms with Gasteiger partial charge in [-0.05, 0) is 0 Å². The summed E-state index contributed by atoms with van der Waals surface area (Å²) in [7, 11) is 0. The van der Waals surface area contributed by atoms with Gasteiger partial charge < -0.3 is 0 Å². The summed E-state index contributed by atoms with van der Waals surface area (Å²) in [5, 5.41) is 0. The molecule has 20 heavy (non-hydrogen) atoms. The maximum atomic E-state index is 12.8. The summed E-state index contributed by atoms with van der Waals surface area (Å²) in [6.45, 7) is 10.9. The van der Waals surface area contributed by atoms with E-state index in [-0.39, 0.29) is 5.41 Å². The van der Waals surface area contributed by atoms with Crippen molar-refractivity contribution in [3.05, 3.63) is 59.2 Å². The van der Waals surface area contributed by atoms with Gasteiger partial charge in [0.05, 0.1) is 0 Å². The molecule has 0 N–H and O–H groups in total. The third-order valence-electron chi connectivity index (χ3n) is 3.62. The van der Waals surface area contributed by atoms with Gasteiger partial charge in [-0.3, -0.25) is 0 Å². The number of rotatable bonds is 2. The van der Waals surface area contributed by atoms with Crippen LogP contribution in [0.3, 0.4) is 0 Å². The van der Waals surface area contributed by atoms with Crippen LogP contribution in [0.4, 0.5) is 0 Å². The molecule has 1 nitrogen and oxygen atoms in total. The minimum atomic E-state index is -2.66. The molecule has 0 saturated heterocycles. The Morgan fingerprint density at radius 1 is 0.900 bits per heavy atom. The zero-order valence-corrected chi connectivity index (χ0v) is 15.2. The molecular formula is C18H22OTe. The van der Waals surface area contributed by atoms with E-state index in [0.717, 1.165) is 7.22 Å². The number of benzene rings is 2. The fraction of sp³-hybridized carbons (Fsp3) is 0.333. The van der Waals surface area contributed by atoms with E-state index in [9.17, 15) is 3.10 Å². The molecule has 2 rings (SSSR count). The van der Waals surface area contributed by atoms with Crippen LogP contribution in [0.15, 0.2) is 42.5 Å². The van der Waals surface area contributed by atoms with Gasteiger partial charge in [0.1, 0.15) is 0 Å². The molecule has 106 valence electrons. The van der Waals surface area contributed by atoms with E-state index >= 15 is 0 Å². The van der Waals surface area contributed by atoms with Crippen LogP contribution in [0.25, 0.3) is 0 Å². The summed E-state index contributed by atoms with van der Waals surface area (Å²) in [5.41, 5.74) is 3.96. The molecule has 0 saturated carbocycles. The van der Waals surface area contributed by atoms with Crippen LogP contribution in [-0.2, 0) is 8.52 Å². The summed E-state index contributed by atoms with van der Waals surface area (Å²) in [6, 6.07) is 14.1. The third-order valence-corrected chi connectivity index (χ3v) is 7.51. The Labute approximate surface area is 129 Å². The van der Waals surface area contributed by atoms with Crippen molar-refractivity contribution in [1.29, 1.82) is 0 Å². The van der Waals surface area contributed by atoms with Crippen molar-refractivity contribution in [3.8, 4) is 0 Å². The van der Waals surface area contributed by atoms with E-state index < -0.39 is 19.5 Å². The zero-order valence-electron chi connectivity index (χ0n) is 12.9. The van der Waals surface area contributed by atoms with Gasteiger partial charge in [0.2, 0.25) is 0 Å². The fourth-order valence-electron chi connectivity index (χ4n) is 2.39. The van der Waals surface area contributed by atoms with Crippen molar-refractivity contribution >= 4 is 26.8 Å². The van der Waals surface area contributed by atoms with Crippen LogP contribution in [0.2, 0.25) is 0 Å². The zero-order chi connectivity index (χ0) is 14.9. The molecule has 0 aliphatic heterocycles. The van der Waals surface area contributed by atoms with E-state index in [1.807, 2.05) is 30.3 Å². The second-order valence-corrected chi connectivity index (χ2v) is 10.5. The van der Waals surface area contributed by atoms with Gasteiger partial charge in [-0.25, -0.2) is 0 Å². The van der Waals surface area contributed by atoms with Crippen molar-refractivity contribution in [3.63, 3.8) is 0 Å². The molecule has 0 atom stereocenters. The summed E-state index contributed by atoms with van der Waals surface area (Å²) in [4.78, 5) is 0. The van der Waals surface area contributed by atoms with Crippen LogP contribution in [0.5, 0.6) is 0 Å². The van der Waals surface area contributed by atoms with Gasteiger partial charge in [-0.1, -0.05) is 0 Å². The molecule has 0 spiro atoms. The molecule has 2 heteroatoms. The molecule has 0 radical (unpaired) electrons. The van der Waals surface area contributed by atoms with Crippen molar-refractivity contribution in [2.75, 3.05) is 0 Å². The van der Waals surface area contributed by atoms with Crippen LogP contribution < -0.4 is 7.22 Å². The van der Waals surface area contributed by atoms with Crippen LogP contribution >= 0.6 is 0 Å². The second-order valence-electron chi connectivity index (χ2n) is 6.24. The molecular weight excluding hydrogens is 360 g/mol. The first-order valence-electron chi connectivity index (χ1n) is 6.89. The van der Waals surface area contributed by atoms with E-state index in [2.05, 4.69) is 46.8 Å². The van der Waals surface area contributed by atoms with Gasteiger partial charge >= 0.3 is 129 Å². The molecule has 0 bridgehead atoms. The van der Waals surface area contributed by atoms with E-state index in [1.54, 1.807) is 0 Å². The topological polar surface area (TPSA) is 17.1 Å². The monoisotopic (exact) mass is 384 g/mol. The van der Waals surface area contributed by atoms with Gasteiger partial charge in [0, 0.05) is 0 Å². The Bertz CT molecular complexity index is 636. The quantitative estimate of drug-likeness (QED) is 0.730. The van der Waals surface area contributed by atoms with Gasteiger partial charge in [-0.2, -0.15) is 0 Å². The van der Waals surface area contributed by atoms with Gasteiger partial charge in [-0.15, -0.1) is 0 Å². The Balaban J connectivity index is 2.54. The van der Waals surface area contributed by atoms with Crippen LogP contribution in [0.1, 0.15) is 37.5 Å². The van der Waals surface area contributed by atoms with E-state index in [4.69, 9.17) is 0 Å². The first kappa shape index (κ1) is 15.4. The summed E-state index contributed by atoms with van der Waals surface area (Å²) in [6.07, 6.45) is 0. The average Bonchev–Trinajstić information content (AvgIpc) is 2.40. The molecule has 0 aliphatic rings. The maximum absolute atomic E-state index is 12.8. The average molecular weight is 382 g/mol. The standard InChI is InChI=1S/C18H22OTe/c1-13-11-16(12-17(14(13)2)18(3,4)5)20(19)15-9-7-6-8-10-15/h6-12H,1-5H3. The van der Waals surface area contributed by atoms with E-state index in [1.165, 1.54) is 16.7 Å². The minimum absolute atomic E-state index is 0.0840. The number of aryl methyl sites for hydroxylation is 1. The first-order valence-corrected chi connectivity index (χ1v) is 10.2. The Morgan fingerprint density at radius 2 is 1.50 bits per heavy atom. The molecule has 0 amide bonds. The molecule has 0 heterocycles. The summed E-state index contributed by atoms with van der Waals surface area (Å²) in [5.74, 6) is 0. The predicted octanol–water partition coefficient (Wildman–Crippen LogP) is 3.14. The van der Waals surface area contributed by atoms with Crippen LogP contribution in [-0.4, -0.2) is 19.5 Å². The summed E-state index contributed by atoms with van der Waals surface area (Å²) >= 11 is -2.66.